The van der Waals surface area contributed by atoms with E-state index in [0.717, 1.165) is 6.54 Å². The van der Waals surface area contributed by atoms with Crippen LogP contribution in [0.4, 0.5) is 0 Å². The van der Waals surface area contributed by atoms with E-state index in [9.17, 15) is 9.59 Å². The van der Waals surface area contributed by atoms with E-state index in [1.54, 1.807) is 31.3 Å². The Labute approximate surface area is 119 Å². The van der Waals surface area contributed by atoms with Crippen molar-refractivity contribution in [3.05, 3.63) is 35.4 Å². The molecule has 108 valence electrons. The van der Waals surface area contributed by atoms with Gasteiger partial charge in [-0.25, -0.2) is 0 Å². The first-order valence-electron chi connectivity index (χ1n) is 7.31. The highest BCUT2D eigenvalue weighted by molar-refractivity contribution is 5.99. The van der Waals surface area contributed by atoms with E-state index in [0.29, 0.717) is 17.0 Å². The molecule has 1 aliphatic carbocycles. The molecule has 1 fully saturated rings. The lowest BCUT2D eigenvalue weighted by atomic mass is 9.89. The molecule has 1 aliphatic rings. The molecule has 0 atom stereocenters. The molecule has 2 amide bonds. The monoisotopic (exact) mass is 274 g/mol. The molecule has 20 heavy (non-hydrogen) atoms. The third kappa shape index (κ3) is 3.83. The fraction of sp³-hybridized carbons (Fsp3) is 0.500. The number of benzene rings is 1. The fourth-order valence-electron chi connectivity index (χ4n) is 2.68. The van der Waals surface area contributed by atoms with Gasteiger partial charge in [-0.05, 0) is 37.0 Å². The summed E-state index contributed by atoms with van der Waals surface area (Å²) in [7, 11) is 1.58. The molecule has 2 N–H and O–H groups in total. The average Bonchev–Trinajstić information content (AvgIpc) is 2.53. The van der Waals surface area contributed by atoms with E-state index in [2.05, 4.69) is 10.6 Å². The van der Waals surface area contributed by atoms with Crippen LogP contribution in [0.25, 0.3) is 0 Å². The second-order valence-electron chi connectivity index (χ2n) is 5.37. The average molecular weight is 274 g/mol. The third-order valence-corrected chi connectivity index (χ3v) is 3.89. The van der Waals surface area contributed by atoms with E-state index < -0.39 is 0 Å². The van der Waals surface area contributed by atoms with E-state index >= 15 is 0 Å². The Bertz CT molecular complexity index is 479. The van der Waals surface area contributed by atoms with Crippen LogP contribution in [0, 0.1) is 5.92 Å². The molecular formula is C16H22N2O2. The van der Waals surface area contributed by atoms with Crippen molar-refractivity contribution in [3.63, 3.8) is 0 Å². The van der Waals surface area contributed by atoms with Gasteiger partial charge in [0.2, 0.25) is 0 Å². The largest absolute Gasteiger partial charge is 0.355 e. The highest BCUT2D eigenvalue weighted by Gasteiger charge is 2.15. The molecule has 0 aromatic heterocycles. The van der Waals surface area contributed by atoms with Crippen LogP contribution in [0.15, 0.2) is 24.3 Å². The minimum absolute atomic E-state index is 0.0960. The summed E-state index contributed by atoms with van der Waals surface area (Å²) in [5.41, 5.74) is 1.06. The molecule has 1 saturated carbocycles. The van der Waals surface area contributed by atoms with E-state index in [-0.39, 0.29) is 11.8 Å². The second-order valence-corrected chi connectivity index (χ2v) is 5.37. The first-order valence-corrected chi connectivity index (χ1v) is 7.31. The topological polar surface area (TPSA) is 58.2 Å². The Balaban J connectivity index is 1.93. The summed E-state index contributed by atoms with van der Waals surface area (Å²) >= 11 is 0. The van der Waals surface area contributed by atoms with Gasteiger partial charge >= 0.3 is 0 Å². The minimum Gasteiger partial charge on any atom is -0.355 e. The summed E-state index contributed by atoms with van der Waals surface area (Å²) in [6, 6.07) is 6.81. The second kappa shape index (κ2) is 7.08. The van der Waals surface area contributed by atoms with Gasteiger partial charge in [0.05, 0.1) is 0 Å². The predicted molar refractivity (Wildman–Crippen MR) is 78.7 cm³/mol. The van der Waals surface area contributed by atoms with Crippen molar-refractivity contribution in [2.24, 2.45) is 5.92 Å². The summed E-state index contributed by atoms with van der Waals surface area (Å²) < 4.78 is 0. The van der Waals surface area contributed by atoms with Crippen LogP contribution in [-0.2, 0) is 0 Å². The molecular weight excluding hydrogens is 252 g/mol. The maximum atomic E-state index is 12.1. The van der Waals surface area contributed by atoms with Crippen molar-refractivity contribution in [2.45, 2.75) is 32.1 Å². The van der Waals surface area contributed by atoms with Gasteiger partial charge in [0, 0.05) is 24.7 Å². The first kappa shape index (κ1) is 14.6. The van der Waals surface area contributed by atoms with Gasteiger partial charge in [-0.1, -0.05) is 25.3 Å². The van der Waals surface area contributed by atoms with Gasteiger partial charge in [-0.15, -0.1) is 0 Å². The molecule has 1 aromatic carbocycles. The number of rotatable bonds is 4. The van der Waals surface area contributed by atoms with Crippen molar-refractivity contribution in [1.29, 1.82) is 0 Å². The van der Waals surface area contributed by atoms with E-state index in [4.69, 9.17) is 0 Å². The van der Waals surface area contributed by atoms with Crippen LogP contribution >= 0.6 is 0 Å². The van der Waals surface area contributed by atoms with Crippen molar-refractivity contribution >= 4 is 11.8 Å². The Morgan fingerprint density at radius 3 is 2.40 bits per heavy atom. The molecule has 0 spiro atoms. The number of hydrogen-bond acceptors (Lipinski definition) is 2. The van der Waals surface area contributed by atoms with Crippen molar-refractivity contribution in [3.8, 4) is 0 Å². The Morgan fingerprint density at radius 1 is 1.10 bits per heavy atom. The van der Waals surface area contributed by atoms with E-state index in [1.807, 2.05) is 0 Å². The number of amides is 2. The van der Waals surface area contributed by atoms with Gasteiger partial charge in [0.25, 0.3) is 11.8 Å². The fourth-order valence-corrected chi connectivity index (χ4v) is 2.68. The molecule has 0 unspecified atom stereocenters. The van der Waals surface area contributed by atoms with Crippen molar-refractivity contribution < 1.29 is 9.59 Å². The lowest BCUT2D eigenvalue weighted by Gasteiger charge is -2.21. The zero-order chi connectivity index (χ0) is 14.4. The lowest BCUT2D eigenvalue weighted by Crippen LogP contribution is -2.30. The molecule has 0 bridgehead atoms. The van der Waals surface area contributed by atoms with Gasteiger partial charge in [-0.2, -0.15) is 0 Å². The highest BCUT2D eigenvalue weighted by Crippen LogP contribution is 2.22. The number of carbonyl (C=O) groups excluding carboxylic acids is 2. The quantitative estimate of drug-likeness (QED) is 0.885. The van der Waals surface area contributed by atoms with Crippen LogP contribution in [0.1, 0.15) is 52.8 Å². The van der Waals surface area contributed by atoms with Crippen LogP contribution in [0.2, 0.25) is 0 Å². The highest BCUT2D eigenvalue weighted by atomic mass is 16.2. The molecule has 4 heteroatoms. The zero-order valence-corrected chi connectivity index (χ0v) is 11.9. The van der Waals surface area contributed by atoms with Crippen LogP contribution < -0.4 is 10.6 Å². The predicted octanol–water partition coefficient (Wildman–Crippen LogP) is 2.36. The Kier molecular flexibility index (Phi) is 5.16. The standard InChI is InChI=1S/C16H22N2O2/c1-17-15(19)13-8-5-9-14(10-13)16(20)18-11-12-6-3-2-4-7-12/h5,8-10,12H,2-4,6-7,11H2,1H3,(H,17,19)(H,18,20). The van der Waals surface area contributed by atoms with Crippen LogP contribution in [-0.4, -0.2) is 25.4 Å². The summed E-state index contributed by atoms with van der Waals surface area (Å²) in [6.07, 6.45) is 6.27. The van der Waals surface area contributed by atoms with E-state index in [1.165, 1.54) is 32.1 Å². The molecule has 0 radical (unpaired) electrons. The Morgan fingerprint density at radius 2 is 1.75 bits per heavy atom. The molecule has 0 saturated heterocycles. The van der Waals surface area contributed by atoms with Gasteiger partial charge in [0.15, 0.2) is 0 Å². The van der Waals surface area contributed by atoms with Crippen LogP contribution in [0.3, 0.4) is 0 Å². The summed E-state index contributed by atoms with van der Waals surface area (Å²) in [4.78, 5) is 23.7. The summed E-state index contributed by atoms with van der Waals surface area (Å²) in [5.74, 6) is 0.336. The van der Waals surface area contributed by atoms with Gasteiger partial charge < -0.3 is 10.6 Å². The Hall–Kier alpha value is -1.84. The number of carbonyl (C=O) groups is 2. The third-order valence-electron chi connectivity index (χ3n) is 3.89. The van der Waals surface area contributed by atoms with Crippen LogP contribution in [0.5, 0.6) is 0 Å². The molecule has 0 heterocycles. The summed E-state index contributed by atoms with van der Waals surface area (Å²) in [5, 5.41) is 5.54. The van der Waals surface area contributed by atoms with Crippen molar-refractivity contribution in [1.82, 2.24) is 10.6 Å². The van der Waals surface area contributed by atoms with Gasteiger partial charge in [0.1, 0.15) is 0 Å². The van der Waals surface area contributed by atoms with Crippen molar-refractivity contribution in [2.75, 3.05) is 13.6 Å². The van der Waals surface area contributed by atoms with Gasteiger partial charge in [-0.3, -0.25) is 9.59 Å². The lowest BCUT2D eigenvalue weighted by molar-refractivity contribution is 0.0943. The molecule has 0 aliphatic heterocycles. The SMILES string of the molecule is CNC(=O)c1cccc(C(=O)NCC2CCCCC2)c1. The zero-order valence-electron chi connectivity index (χ0n) is 11.9. The maximum absolute atomic E-state index is 12.1. The number of hydrogen-bond donors (Lipinski definition) is 2. The summed E-state index contributed by atoms with van der Waals surface area (Å²) in [6.45, 7) is 0.739. The first-order chi connectivity index (χ1) is 9.70. The normalized spacial score (nSPS) is 15.7. The number of nitrogens with one attached hydrogen (secondary N) is 2. The molecule has 2 rings (SSSR count). The smallest absolute Gasteiger partial charge is 0.251 e. The molecule has 4 nitrogen and oxygen atoms in total. The molecule has 1 aromatic rings. The minimum atomic E-state index is -0.174. The maximum Gasteiger partial charge on any atom is 0.251 e.